The molecule has 3 fully saturated rings. The Morgan fingerprint density at radius 2 is 1.00 bits per heavy atom. The summed E-state index contributed by atoms with van der Waals surface area (Å²) < 4.78 is 0. The monoisotopic (exact) mass is 224 g/mol. The quantitative estimate of drug-likeness (QED) is 0.518. The molecular formula is C16H32. The molecule has 3 rings (SSSR count). The van der Waals surface area contributed by atoms with Gasteiger partial charge in [-0.15, -0.1) is 0 Å². The summed E-state index contributed by atoms with van der Waals surface area (Å²) in [6.07, 6.45) is 6.28. The zero-order chi connectivity index (χ0) is 12.3. The molecule has 6 unspecified atom stereocenters. The number of hydrogen-bond acceptors (Lipinski definition) is 0. The molecule has 0 aliphatic heterocycles. The third-order valence-corrected chi connectivity index (χ3v) is 5.45. The first-order chi connectivity index (χ1) is 7.79. The summed E-state index contributed by atoms with van der Waals surface area (Å²) in [6, 6.07) is 0. The lowest BCUT2D eigenvalue weighted by Gasteiger charge is -2.34. The van der Waals surface area contributed by atoms with Gasteiger partial charge in [-0.2, -0.15) is 0 Å². The Hall–Kier alpha value is 0. The van der Waals surface area contributed by atoms with E-state index < -0.39 is 0 Å². The number of rotatable bonds is 0. The van der Waals surface area contributed by atoms with E-state index in [-0.39, 0.29) is 0 Å². The Morgan fingerprint density at radius 1 is 0.625 bits per heavy atom. The van der Waals surface area contributed by atoms with E-state index in [9.17, 15) is 0 Å². The molecule has 16 heavy (non-hydrogen) atoms. The summed E-state index contributed by atoms with van der Waals surface area (Å²) >= 11 is 0. The highest BCUT2D eigenvalue weighted by atomic mass is 14.6. The minimum atomic E-state index is 1.05. The maximum absolute atomic E-state index is 2.50. The standard InChI is InChI=1S/C12H20.2C2H6/c1-7-8(2)12-6-11(7)9-4-3-5-10(9)12;2*1-2/h7-12H,3-6H2,1-2H3;2*1-2H3. The van der Waals surface area contributed by atoms with Crippen LogP contribution in [0.4, 0.5) is 0 Å². The summed E-state index contributed by atoms with van der Waals surface area (Å²) in [6.45, 7) is 13.0. The zero-order valence-electron chi connectivity index (χ0n) is 12.3. The normalized spacial score (nSPS) is 47.6. The molecule has 3 saturated carbocycles. The van der Waals surface area contributed by atoms with Gasteiger partial charge in [-0.05, 0) is 54.8 Å². The minimum absolute atomic E-state index is 1.05. The van der Waals surface area contributed by atoms with Gasteiger partial charge in [-0.1, -0.05) is 48.0 Å². The molecule has 0 aromatic carbocycles. The van der Waals surface area contributed by atoms with Crippen molar-refractivity contribution in [3.05, 3.63) is 0 Å². The van der Waals surface area contributed by atoms with Crippen molar-refractivity contribution in [2.45, 2.75) is 67.2 Å². The summed E-state index contributed by atoms with van der Waals surface area (Å²) in [5, 5.41) is 0. The van der Waals surface area contributed by atoms with E-state index in [0.29, 0.717) is 0 Å². The Bertz CT molecular complexity index is 176. The van der Waals surface area contributed by atoms with E-state index in [1.165, 1.54) is 11.8 Å². The second-order valence-electron chi connectivity index (χ2n) is 5.54. The summed E-state index contributed by atoms with van der Waals surface area (Å²) in [5.74, 6) is 6.71. The largest absolute Gasteiger partial charge is 0.0683 e. The molecule has 0 N–H and O–H groups in total. The lowest BCUT2D eigenvalue weighted by Crippen LogP contribution is -2.28. The van der Waals surface area contributed by atoms with Crippen LogP contribution in [0.5, 0.6) is 0 Å². The zero-order valence-corrected chi connectivity index (χ0v) is 12.3. The number of fused-ring (bicyclic) bond motifs is 5. The van der Waals surface area contributed by atoms with Crippen molar-refractivity contribution in [3.8, 4) is 0 Å². The van der Waals surface area contributed by atoms with Gasteiger partial charge in [0.2, 0.25) is 0 Å². The van der Waals surface area contributed by atoms with Crippen molar-refractivity contribution in [1.29, 1.82) is 0 Å². The van der Waals surface area contributed by atoms with Crippen LogP contribution in [0.2, 0.25) is 0 Å². The predicted molar refractivity (Wildman–Crippen MR) is 73.5 cm³/mol. The first-order valence-electron chi connectivity index (χ1n) is 7.79. The molecule has 3 aliphatic carbocycles. The van der Waals surface area contributed by atoms with Gasteiger partial charge in [0.1, 0.15) is 0 Å². The Morgan fingerprint density at radius 3 is 1.38 bits per heavy atom. The van der Waals surface area contributed by atoms with Gasteiger partial charge in [-0.25, -0.2) is 0 Å². The van der Waals surface area contributed by atoms with Crippen molar-refractivity contribution in [2.24, 2.45) is 35.5 Å². The highest BCUT2D eigenvalue weighted by Crippen LogP contribution is 2.62. The predicted octanol–water partition coefficient (Wildman–Crippen LogP) is 5.38. The van der Waals surface area contributed by atoms with Crippen molar-refractivity contribution in [3.63, 3.8) is 0 Å². The average Bonchev–Trinajstić information content (AvgIpc) is 2.99. The Labute approximate surface area is 103 Å². The third kappa shape index (κ3) is 2.05. The first kappa shape index (κ1) is 14.1. The molecule has 0 heteroatoms. The van der Waals surface area contributed by atoms with Gasteiger partial charge < -0.3 is 0 Å². The summed E-state index contributed by atoms with van der Waals surface area (Å²) in [5.41, 5.74) is 0. The molecule has 0 heterocycles. The van der Waals surface area contributed by atoms with Crippen LogP contribution in [0.1, 0.15) is 67.2 Å². The first-order valence-corrected chi connectivity index (χ1v) is 7.79. The molecule has 3 aliphatic rings. The molecule has 0 radical (unpaired) electrons. The lowest BCUT2D eigenvalue weighted by molar-refractivity contribution is 0.140. The van der Waals surface area contributed by atoms with Gasteiger partial charge in [0.05, 0.1) is 0 Å². The van der Waals surface area contributed by atoms with Gasteiger partial charge in [0.25, 0.3) is 0 Å². The molecule has 96 valence electrons. The molecule has 0 aromatic heterocycles. The molecule has 0 saturated heterocycles. The third-order valence-electron chi connectivity index (χ3n) is 5.45. The lowest BCUT2D eigenvalue weighted by atomic mass is 9.71. The van der Waals surface area contributed by atoms with Crippen molar-refractivity contribution in [2.75, 3.05) is 0 Å². The molecule has 0 spiro atoms. The van der Waals surface area contributed by atoms with Crippen LogP contribution in [0.25, 0.3) is 0 Å². The highest BCUT2D eigenvalue weighted by Gasteiger charge is 2.55. The SMILES string of the molecule is CC.CC.CC1C(C)C2CC1C1CCCC21. The maximum atomic E-state index is 2.50. The fourth-order valence-electron chi connectivity index (χ4n) is 4.73. The van der Waals surface area contributed by atoms with E-state index in [1.807, 2.05) is 27.7 Å². The van der Waals surface area contributed by atoms with Crippen LogP contribution in [0.3, 0.4) is 0 Å². The van der Waals surface area contributed by atoms with Crippen LogP contribution < -0.4 is 0 Å². The fourth-order valence-corrected chi connectivity index (χ4v) is 4.73. The molecule has 0 amide bonds. The Balaban J connectivity index is 0.000000291. The van der Waals surface area contributed by atoms with Gasteiger partial charge >= 0.3 is 0 Å². The van der Waals surface area contributed by atoms with E-state index in [2.05, 4.69) is 13.8 Å². The van der Waals surface area contributed by atoms with E-state index in [4.69, 9.17) is 0 Å². The van der Waals surface area contributed by atoms with Crippen LogP contribution in [0.15, 0.2) is 0 Å². The van der Waals surface area contributed by atoms with Crippen molar-refractivity contribution >= 4 is 0 Å². The van der Waals surface area contributed by atoms with Gasteiger partial charge in [-0.3, -0.25) is 0 Å². The molecule has 0 nitrogen and oxygen atoms in total. The maximum Gasteiger partial charge on any atom is -0.0352 e. The van der Waals surface area contributed by atoms with E-state index >= 15 is 0 Å². The Kier molecular flexibility index (Phi) is 5.34. The summed E-state index contributed by atoms with van der Waals surface area (Å²) in [7, 11) is 0. The van der Waals surface area contributed by atoms with Crippen LogP contribution >= 0.6 is 0 Å². The second-order valence-corrected chi connectivity index (χ2v) is 5.54. The fraction of sp³-hybridized carbons (Fsp3) is 1.00. The van der Waals surface area contributed by atoms with Crippen LogP contribution in [0, 0.1) is 35.5 Å². The van der Waals surface area contributed by atoms with Crippen LogP contribution in [-0.4, -0.2) is 0 Å². The van der Waals surface area contributed by atoms with Gasteiger partial charge in [0.15, 0.2) is 0 Å². The molecular weight excluding hydrogens is 192 g/mol. The van der Waals surface area contributed by atoms with Crippen molar-refractivity contribution in [1.82, 2.24) is 0 Å². The van der Waals surface area contributed by atoms with Crippen molar-refractivity contribution < 1.29 is 0 Å². The molecule has 2 bridgehead atoms. The minimum Gasteiger partial charge on any atom is -0.0683 e. The highest BCUT2D eigenvalue weighted by molar-refractivity contribution is 5.04. The second kappa shape index (κ2) is 6.07. The molecule has 6 atom stereocenters. The van der Waals surface area contributed by atoms with Crippen LogP contribution in [-0.2, 0) is 0 Å². The summed E-state index contributed by atoms with van der Waals surface area (Å²) in [4.78, 5) is 0. The topological polar surface area (TPSA) is 0 Å². The average molecular weight is 224 g/mol. The van der Waals surface area contributed by atoms with Gasteiger partial charge in [0, 0.05) is 0 Å². The smallest absolute Gasteiger partial charge is 0.0352 e. The molecule has 0 aromatic rings. The van der Waals surface area contributed by atoms with E-state index in [0.717, 1.165) is 23.7 Å². The number of hydrogen-bond donors (Lipinski definition) is 0. The van der Waals surface area contributed by atoms with E-state index in [1.54, 1.807) is 25.7 Å².